The van der Waals surface area contributed by atoms with Crippen LogP contribution < -0.4 is 5.32 Å². The third-order valence-electron chi connectivity index (χ3n) is 5.83. The number of aryl methyl sites for hydroxylation is 1. The molecule has 0 spiro atoms. The number of hydrogen-bond donors (Lipinski definition) is 1. The molecule has 1 saturated heterocycles. The Kier molecular flexibility index (Phi) is 6.67. The minimum Gasteiger partial charge on any atom is -0.440 e. The SMILES string of the molecule is Cc1nc(C(=O)N2CC(F)(F)C[C@@H](C)C2CNc2ncc(C(F)(F)F)cn2)c(-c2ccc(F)cc2)o1. The molecule has 3 heterocycles. The van der Waals surface area contributed by atoms with Crippen molar-refractivity contribution in [2.24, 2.45) is 5.92 Å². The summed E-state index contributed by atoms with van der Waals surface area (Å²) in [4.78, 5) is 25.8. The van der Waals surface area contributed by atoms with E-state index >= 15 is 0 Å². The van der Waals surface area contributed by atoms with E-state index in [1.165, 1.54) is 19.1 Å². The van der Waals surface area contributed by atoms with Gasteiger partial charge in [0.15, 0.2) is 17.3 Å². The van der Waals surface area contributed by atoms with Crippen LogP contribution in [0, 0.1) is 18.7 Å². The molecule has 36 heavy (non-hydrogen) atoms. The molecule has 0 bridgehead atoms. The van der Waals surface area contributed by atoms with E-state index in [1.54, 1.807) is 6.92 Å². The first-order valence-corrected chi connectivity index (χ1v) is 10.9. The molecule has 13 heteroatoms. The molecule has 2 atom stereocenters. The van der Waals surface area contributed by atoms with E-state index in [0.717, 1.165) is 17.0 Å². The van der Waals surface area contributed by atoms with Crippen molar-refractivity contribution in [1.82, 2.24) is 19.9 Å². The first-order chi connectivity index (χ1) is 16.8. The predicted molar refractivity (Wildman–Crippen MR) is 116 cm³/mol. The molecule has 1 N–H and O–H groups in total. The highest BCUT2D eigenvalue weighted by Crippen LogP contribution is 2.36. The average Bonchev–Trinajstić information content (AvgIpc) is 3.19. The zero-order valence-corrected chi connectivity index (χ0v) is 19.1. The summed E-state index contributed by atoms with van der Waals surface area (Å²) in [5, 5.41) is 2.73. The van der Waals surface area contributed by atoms with Crippen molar-refractivity contribution in [2.45, 2.75) is 38.4 Å². The predicted octanol–water partition coefficient (Wildman–Crippen LogP) is 5.20. The quantitative estimate of drug-likeness (QED) is 0.473. The number of rotatable bonds is 5. The molecule has 7 nitrogen and oxygen atoms in total. The highest BCUT2D eigenvalue weighted by Gasteiger charge is 2.47. The van der Waals surface area contributed by atoms with Crippen molar-refractivity contribution in [3.63, 3.8) is 0 Å². The van der Waals surface area contributed by atoms with Crippen LogP contribution in [0.2, 0.25) is 0 Å². The van der Waals surface area contributed by atoms with Crippen molar-refractivity contribution in [1.29, 1.82) is 0 Å². The van der Waals surface area contributed by atoms with E-state index in [9.17, 15) is 31.1 Å². The summed E-state index contributed by atoms with van der Waals surface area (Å²) in [6, 6.07) is 4.28. The van der Waals surface area contributed by atoms with Gasteiger partial charge in [-0.3, -0.25) is 4.79 Å². The Morgan fingerprint density at radius 1 is 1.19 bits per heavy atom. The van der Waals surface area contributed by atoms with Gasteiger partial charge < -0.3 is 14.6 Å². The smallest absolute Gasteiger partial charge is 0.419 e. The van der Waals surface area contributed by atoms with Gasteiger partial charge in [-0.05, 0) is 30.2 Å². The molecular weight excluding hydrogens is 492 g/mol. The minimum atomic E-state index is -4.61. The van der Waals surface area contributed by atoms with Crippen LogP contribution >= 0.6 is 0 Å². The Morgan fingerprint density at radius 2 is 1.83 bits per heavy atom. The number of carbonyl (C=O) groups is 1. The van der Waals surface area contributed by atoms with Crippen LogP contribution in [0.5, 0.6) is 0 Å². The van der Waals surface area contributed by atoms with E-state index in [4.69, 9.17) is 4.42 Å². The summed E-state index contributed by atoms with van der Waals surface area (Å²) in [5.74, 6) is -5.22. The average molecular weight is 513 g/mol. The summed E-state index contributed by atoms with van der Waals surface area (Å²) in [6.07, 6.45) is -3.91. The Labute approximate surface area is 201 Å². The maximum absolute atomic E-state index is 14.5. The van der Waals surface area contributed by atoms with E-state index in [1.807, 2.05) is 0 Å². The molecule has 3 aromatic rings. The van der Waals surface area contributed by atoms with Crippen LogP contribution in [0.1, 0.15) is 35.3 Å². The molecule has 2 aromatic heterocycles. The lowest BCUT2D eigenvalue weighted by atomic mass is 9.88. The molecule has 1 fully saturated rings. The lowest BCUT2D eigenvalue weighted by Gasteiger charge is -2.43. The second-order valence-electron chi connectivity index (χ2n) is 8.63. The van der Waals surface area contributed by atoms with Gasteiger partial charge in [-0.15, -0.1) is 0 Å². The van der Waals surface area contributed by atoms with Crippen molar-refractivity contribution in [3.05, 3.63) is 59.6 Å². The standard InChI is InChI=1S/C23H21F6N5O2/c1-12-7-22(25,26)11-34(17(12)10-32-21-30-8-15(9-31-21)23(27,28)29)20(35)18-19(36-13(2)33-18)14-3-5-16(24)6-4-14/h3-6,8-9,12,17H,7,10-11H2,1-2H3,(H,30,31,32)/t12-,17?/m1/s1. The van der Waals surface area contributed by atoms with E-state index in [0.29, 0.717) is 18.0 Å². The molecule has 1 aliphatic rings. The molecule has 0 saturated carbocycles. The van der Waals surface area contributed by atoms with Crippen LogP contribution in [-0.2, 0) is 6.18 Å². The zero-order chi connectivity index (χ0) is 26.3. The minimum absolute atomic E-state index is 0.0109. The molecule has 1 aromatic carbocycles. The number of piperidine rings is 1. The van der Waals surface area contributed by atoms with Crippen LogP contribution in [0.15, 0.2) is 41.1 Å². The van der Waals surface area contributed by atoms with E-state index in [-0.39, 0.29) is 29.8 Å². The van der Waals surface area contributed by atoms with Gasteiger partial charge in [0.2, 0.25) is 5.95 Å². The van der Waals surface area contributed by atoms with Gasteiger partial charge in [-0.2, -0.15) is 13.2 Å². The van der Waals surface area contributed by atoms with Crippen molar-refractivity contribution in [2.75, 3.05) is 18.4 Å². The maximum Gasteiger partial charge on any atom is 0.419 e. The number of hydrogen-bond acceptors (Lipinski definition) is 6. The Bertz CT molecular complexity index is 1230. The number of anilines is 1. The number of nitrogens with one attached hydrogen (secondary N) is 1. The fourth-order valence-corrected chi connectivity index (χ4v) is 4.15. The zero-order valence-electron chi connectivity index (χ0n) is 19.1. The summed E-state index contributed by atoms with van der Waals surface area (Å²) >= 11 is 0. The number of likely N-dealkylation sites (tertiary alicyclic amines) is 1. The highest BCUT2D eigenvalue weighted by atomic mass is 19.4. The van der Waals surface area contributed by atoms with Crippen molar-refractivity contribution >= 4 is 11.9 Å². The summed E-state index contributed by atoms with van der Waals surface area (Å²) in [7, 11) is 0. The topological polar surface area (TPSA) is 84.2 Å². The van der Waals surface area contributed by atoms with Gasteiger partial charge in [-0.25, -0.2) is 28.1 Å². The highest BCUT2D eigenvalue weighted by molar-refractivity contribution is 5.98. The third kappa shape index (κ3) is 5.44. The molecular formula is C23H21F6N5O2. The molecule has 0 aliphatic carbocycles. The second kappa shape index (κ2) is 9.43. The lowest BCUT2D eigenvalue weighted by Crippen LogP contribution is -2.57. The third-order valence-corrected chi connectivity index (χ3v) is 5.83. The van der Waals surface area contributed by atoms with Crippen LogP contribution in [0.25, 0.3) is 11.3 Å². The first kappa shape index (κ1) is 25.5. The number of halogens is 6. The van der Waals surface area contributed by atoms with Gasteiger partial charge in [-0.1, -0.05) is 6.92 Å². The van der Waals surface area contributed by atoms with Gasteiger partial charge in [0.05, 0.1) is 18.2 Å². The van der Waals surface area contributed by atoms with Crippen LogP contribution in [0.3, 0.4) is 0 Å². The summed E-state index contributed by atoms with van der Waals surface area (Å²) < 4.78 is 86.2. The Balaban J connectivity index is 1.60. The number of carbonyl (C=O) groups excluding carboxylic acids is 1. The van der Waals surface area contributed by atoms with Crippen LogP contribution in [0.4, 0.5) is 32.3 Å². The largest absolute Gasteiger partial charge is 0.440 e. The van der Waals surface area contributed by atoms with Gasteiger partial charge >= 0.3 is 6.18 Å². The number of nitrogens with zero attached hydrogens (tertiary/aromatic N) is 4. The maximum atomic E-state index is 14.5. The second-order valence-corrected chi connectivity index (χ2v) is 8.63. The first-order valence-electron chi connectivity index (χ1n) is 10.9. The summed E-state index contributed by atoms with van der Waals surface area (Å²) in [5.41, 5.74) is -0.907. The molecule has 1 unspecified atom stereocenters. The number of alkyl halides is 5. The molecule has 192 valence electrons. The van der Waals surface area contributed by atoms with E-state index < -0.39 is 54.3 Å². The number of amides is 1. The van der Waals surface area contributed by atoms with Gasteiger partial charge in [0.1, 0.15) is 5.82 Å². The molecule has 1 aliphatic heterocycles. The lowest BCUT2D eigenvalue weighted by molar-refractivity contribution is -0.138. The monoisotopic (exact) mass is 513 g/mol. The number of benzene rings is 1. The van der Waals surface area contributed by atoms with Crippen molar-refractivity contribution < 1.29 is 35.6 Å². The molecule has 0 radical (unpaired) electrons. The Morgan fingerprint density at radius 3 is 2.44 bits per heavy atom. The fraction of sp³-hybridized carbons (Fsp3) is 0.391. The van der Waals surface area contributed by atoms with Gasteiger partial charge in [0.25, 0.3) is 11.8 Å². The normalized spacial score (nSPS) is 19.8. The fourth-order valence-electron chi connectivity index (χ4n) is 4.15. The number of aromatic nitrogens is 3. The van der Waals surface area contributed by atoms with Crippen molar-refractivity contribution in [3.8, 4) is 11.3 Å². The molecule has 1 amide bonds. The van der Waals surface area contributed by atoms with Gasteiger partial charge in [0, 0.05) is 37.8 Å². The number of oxazole rings is 1. The Hall–Kier alpha value is -3.64. The molecule has 4 rings (SSSR count). The summed E-state index contributed by atoms with van der Waals surface area (Å²) in [6.45, 7) is 2.03. The van der Waals surface area contributed by atoms with Crippen LogP contribution in [-0.4, -0.2) is 50.8 Å². The van der Waals surface area contributed by atoms with E-state index in [2.05, 4.69) is 20.3 Å².